The van der Waals surface area contributed by atoms with Crippen LogP contribution in [0.25, 0.3) is 21.9 Å². The second-order valence-corrected chi connectivity index (χ2v) is 9.44. The van der Waals surface area contributed by atoms with E-state index in [1.54, 1.807) is 7.11 Å². The Kier molecular flexibility index (Phi) is 6.53. The Morgan fingerprint density at radius 3 is 2.64 bits per heavy atom. The van der Waals surface area contributed by atoms with Crippen molar-refractivity contribution >= 4 is 27.8 Å². The van der Waals surface area contributed by atoms with Crippen molar-refractivity contribution in [1.82, 2.24) is 15.6 Å². The quantitative estimate of drug-likeness (QED) is 0.245. The summed E-state index contributed by atoms with van der Waals surface area (Å²) in [6.07, 6.45) is 2.50. The van der Waals surface area contributed by atoms with E-state index in [0.29, 0.717) is 13.0 Å². The predicted molar refractivity (Wildman–Crippen MR) is 143 cm³/mol. The molecular weight excluding hydrogens is 450 g/mol. The number of fused-ring (bicyclic) bond motifs is 2. The summed E-state index contributed by atoms with van der Waals surface area (Å²) >= 11 is 0. The van der Waals surface area contributed by atoms with Crippen LogP contribution >= 0.6 is 0 Å². The van der Waals surface area contributed by atoms with E-state index in [-0.39, 0.29) is 11.9 Å². The van der Waals surface area contributed by atoms with Crippen LogP contribution in [0.3, 0.4) is 0 Å². The van der Waals surface area contributed by atoms with Gasteiger partial charge in [0.15, 0.2) is 0 Å². The van der Waals surface area contributed by atoms with E-state index in [0.717, 1.165) is 44.5 Å². The van der Waals surface area contributed by atoms with Crippen molar-refractivity contribution < 1.29 is 13.9 Å². The highest BCUT2D eigenvalue weighted by molar-refractivity contribution is 5.89. The Balaban J connectivity index is 1.41. The molecule has 0 spiro atoms. The Bertz CT molecular complexity index is 1490. The average Bonchev–Trinajstić information content (AvgIpc) is 3.51. The first-order valence-corrected chi connectivity index (χ1v) is 12.2. The lowest BCUT2D eigenvalue weighted by Crippen LogP contribution is -2.56. The van der Waals surface area contributed by atoms with Gasteiger partial charge in [-0.05, 0) is 55.3 Å². The van der Waals surface area contributed by atoms with Gasteiger partial charge in [0.1, 0.15) is 17.1 Å². The average molecular weight is 482 g/mol. The highest BCUT2D eigenvalue weighted by Crippen LogP contribution is 2.27. The lowest BCUT2D eigenvalue weighted by molar-refractivity contribution is -0.127. The normalized spacial score (nSPS) is 14.0. The van der Waals surface area contributed by atoms with Crippen molar-refractivity contribution in [3.05, 3.63) is 102 Å². The molecule has 6 heteroatoms. The summed E-state index contributed by atoms with van der Waals surface area (Å²) in [5.41, 5.74) is 3.10. The number of carbonyl (C=O) groups excluding carboxylic acids is 1. The third kappa shape index (κ3) is 4.86. The zero-order chi connectivity index (χ0) is 25.1. The molecule has 184 valence electrons. The van der Waals surface area contributed by atoms with Crippen LogP contribution in [-0.2, 0) is 17.8 Å². The number of benzene rings is 3. The summed E-state index contributed by atoms with van der Waals surface area (Å²) in [5, 5.41) is 8.81. The molecule has 5 aromatic rings. The number of aromatic amines is 1. The molecule has 0 aliphatic heterocycles. The number of hydrogen-bond acceptors (Lipinski definition) is 4. The van der Waals surface area contributed by atoms with E-state index in [2.05, 4.69) is 21.7 Å². The largest absolute Gasteiger partial charge is 0.497 e. The van der Waals surface area contributed by atoms with Crippen LogP contribution in [0.15, 0.2) is 89.5 Å². The van der Waals surface area contributed by atoms with E-state index in [1.165, 1.54) is 0 Å². The van der Waals surface area contributed by atoms with Crippen LogP contribution in [0, 0.1) is 0 Å². The molecule has 3 aromatic carbocycles. The van der Waals surface area contributed by atoms with Gasteiger partial charge in [-0.2, -0.15) is 0 Å². The Hall–Kier alpha value is -4.03. The van der Waals surface area contributed by atoms with Crippen molar-refractivity contribution in [3.63, 3.8) is 0 Å². The summed E-state index contributed by atoms with van der Waals surface area (Å²) in [7, 11) is 1.65. The number of H-pyrrole nitrogens is 1. The third-order valence-electron chi connectivity index (χ3n) is 6.79. The molecule has 2 unspecified atom stereocenters. The zero-order valence-electron chi connectivity index (χ0n) is 20.8. The van der Waals surface area contributed by atoms with E-state index >= 15 is 0 Å². The molecule has 0 fully saturated rings. The number of ether oxygens (including phenoxy) is 1. The number of rotatable bonds is 9. The van der Waals surface area contributed by atoms with Crippen LogP contribution in [0.2, 0.25) is 0 Å². The SMILES string of the molecule is COc1ccc2oc(CNC(C)(Cc3c[nH]c4ccccc34)C(=O)NC(C)c3ccccc3)cc2c1. The first kappa shape index (κ1) is 23.7. The lowest BCUT2D eigenvalue weighted by atomic mass is 9.90. The van der Waals surface area contributed by atoms with Gasteiger partial charge in [-0.1, -0.05) is 48.5 Å². The Morgan fingerprint density at radius 2 is 1.83 bits per heavy atom. The molecular formula is C30H31N3O3. The summed E-state index contributed by atoms with van der Waals surface area (Å²) in [6, 6.07) is 25.7. The van der Waals surface area contributed by atoms with Crippen LogP contribution in [0.4, 0.5) is 0 Å². The van der Waals surface area contributed by atoms with Gasteiger partial charge in [0, 0.05) is 28.9 Å². The van der Waals surface area contributed by atoms with Gasteiger partial charge in [0.2, 0.25) is 5.91 Å². The smallest absolute Gasteiger partial charge is 0.240 e. The van der Waals surface area contributed by atoms with Gasteiger partial charge >= 0.3 is 0 Å². The number of amides is 1. The third-order valence-corrected chi connectivity index (χ3v) is 6.79. The van der Waals surface area contributed by atoms with Crippen LogP contribution in [0.1, 0.15) is 36.8 Å². The number of aromatic nitrogens is 1. The molecule has 1 amide bonds. The fourth-order valence-electron chi connectivity index (χ4n) is 4.64. The van der Waals surface area contributed by atoms with E-state index in [9.17, 15) is 4.79 Å². The van der Waals surface area contributed by atoms with E-state index in [1.807, 2.05) is 92.8 Å². The first-order valence-electron chi connectivity index (χ1n) is 12.2. The lowest BCUT2D eigenvalue weighted by Gasteiger charge is -2.31. The minimum absolute atomic E-state index is 0.0677. The number of carbonyl (C=O) groups is 1. The number of furan rings is 1. The number of para-hydroxylation sites is 1. The van der Waals surface area contributed by atoms with Crippen LogP contribution in [-0.4, -0.2) is 23.5 Å². The second kappa shape index (κ2) is 9.91. The summed E-state index contributed by atoms with van der Waals surface area (Å²) < 4.78 is 11.4. The van der Waals surface area contributed by atoms with Crippen molar-refractivity contribution in [2.45, 2.75) is 38.4 Å². The molecule has 0 saturated carbocycles. The van der Waals surface area contributed by atoms with Crippen molar-refractivity contribution in [2.24, 2.45) is 0 Å². The predicted octanol–water partition coefficient (Wildman–Crippen LogP) is 5.89. The molecule has 0 saturated heterocycles. The second-order valence-electron chi connectivity index (χ2n) is 9.44. The Morgan fingerprint density at radius 1 is 1.06 bits per heavy atom. The van der Waals surface area contributed by atoms with Crippen molar-refractivity contribution in [1.29, 1.82) is 0 Å². The molecule has 0 aliphatic carbocycles. The number of hydrogen-bond donors (Lipinski definition) is 3. The fraction of sp³-hybridized carbons (Fsp3) is 0.233. The van der Waals surface area contributed by atoms with E-state index in [4.69, 9.17) is 9.15 Å². The topological polar surface area (TPSA) is 79.3 Å². The summed E-state index contributed by atoms with van der Waals surface area (Å²) in [4.78, 5) is 17.1. The van der Waals surface area contributed by atoms with Crippen molar-refractivity contribution in [2.75, 3.05) is 7.11 Å². The first-order chi connectivity index (χ1) is 17.4. The van der Waals surface area contributed by atoms with Gasteiger partial charge in [-0.15, -0.1) is 0 Å². The van der Waals surface area contributed by atoms with Crippen molar-refractivity contribution in [3.8, 4) is 5.75 Å². The molecule has 0 bridgehead atoms. The monoisotopic (exact) mass is 481 g/mol. The summed E-state index contributed by atoms with van der Waals surface area (Å²) in [5.74, 6) is 1.47. The Labute approximate surface area is 210 Å². The number of methoxy groups -OCH3 is 1. The standard InChI is InChI=1S/C30H31N3O3/c1-20(21-9-5-4-6-10-21)33-29(34)30(2,17-23-18-31-27-12-8-7-11-26(23)27)32-19-25-16-22-15-24(35-3)13-14-28(22)36-25/h4-16,18,20,31-32H,17,19H2,1-3H3,(H,33,34). The maximum atomic E-state index is 13.8. The number of nitrogens with one attached hydrogen (secondary N) is 3. The molecule has 6 nitrogen and oxygen atoms in total. The maximum Gasteiger partial charge on any atom is 0.240 e. The molecule has 2 atom stereocenters. The van der Waals surface area contributed by atoms with E-state index < -0.39 is 5.54 Å². The highest BCUT2D eigenvalue weighted by atomic mass is 16.5. The van der Waals surface area contributed by atoms with Gasteiger partial charge < -0.3 is 19.5 Å². The van der Waals surface area contributed by atoms with Gasteiger partial charge in [-0.25, -0.2) is 0 Å². The van der Waals surface area contributed by atoms with Crippen LogP contribution in [0.5, 0.6) is 5.75 Å². The van der Waals surface area contributed by atoms with Gasteiger partial charge in [0.05, 0.1) is 25.2 Å². The molecule has 0 radical (unpaired) electrons. The molecule has 2 heterocycles. The fourth-order valence-corrected chi connectivity index (χ4v) is 4.64. The van der Waals surface area contributed by atoms with Gasteiger partial charge in [-0.3, -0.25) is 10.1 Å². The minimum atomic E-state index is -0.884. The zero-order valence-corrected chi connectivity index (χ0v) is 20.8. The van der Waals surface area contributed by atoms with Crippen LogP contribution < -0.4 is 15.4 Å². The molecule has 0 aliphatic rings. The summed E-state index contributed by atoms with van der Waals surface area (Å²) in [6.45, 7) is 4.36. The highest BCUT2D eigenvalue weighted by Gasteiger charge is 2.35. The maximum absolute atomic E-state index is 13.8. The molecule has 5 rings (SSSR count). The molecule has 2 aromatic heterocycles. The van der Waals surface area contributed by atoms with Gasteiger partial charge in [0.25, 0.3) is 0 Å². The molecule has 36 heavy (non-hydrogen) atoms. The minimum Gasteiger partial charge on any atom is -0.497 e. The molecule has 3 N–H and O–H groups in total.